The lowest BCUT2D eigenvalue weighted by molar-refractivity contribution is -0.154. The van der Waals surface area contributed by atoms with E-state index in [0.29, 0.717) is 23.6 Å². The molecule has 3 rings (SSSR count). The fourth-order valence-electron chi connectivity index (χ4n) is 3.25. The maximum Gasteiger partial charge on any atom is 0.334 e. The number of carboxylic acids is 1. The highest BCUT2D eigenvalue weighted by atomic mass is 16.5. The number of nitrogens with zero attached hydrogens (tertiary/aromatic N) is 1. The summed E-state index contributed by atoms with van der Waals surface area (Å²) in [6.45, 7) is 0.616. The molecule has 7 heteroatoms. The van der Waals surface area contributed by atoms with Gasteiger partial charge in [-0.2, -0.15) is 0 Å². The van der Waals surface area contributed by atoms with Crippen molar-refractivity contribution in [2.45, 2.75) is 37.9 Å². The molecule has 2 fully saturated rings. The molecule has 136 valence electrons. The molecule has 25 heavy (non-hydrogen) atoms. The summed E-state index contributed by atoms with van der Waals surface area (Å²) in [6, 6.07) is 5.09. The van der Waals surface area contributed by atoms with E-state index in [9.17, 15) is 9.59 Å². The zero-order valence-electron chi connectivity index (χ0n) is 14.3. The highest BCUT2D eigenvalue weighted by Crippen LogP contribution is 2.32. The molecule has 0 spiro atoms. The number of ether oxygens (including phenoxy) is 3. The van der Waals surface area contributed by atoms with Crippen molar-refractivity contribution in [2.75, 3.05) is 26.8 Å². The molecular formula is C18H23NO6. The molecule has 1 aliphatic carbocycles. The van der Waals surface area contributed by atoms with Gasteiger partial charge in [0.05, 0.1) is 26.4 Å². The molecule has 0 radical (unpaired) electrons. The van der Waals surface area contributed by atoms with Crippen molar-refractivity contribution in [3.05, 3.63) is 23.8 Å². The van der Waals surface area contributed by atoms with E-state index >= 15 is 0 Å². The van der Waals surface area contributed by atoms with Gasteiger partial charge in [-0.15, -0.1) is 0 Å². The number of amides is 1. The van der Waals surface area contributed by atoms with Crippen LogP contribution in [0.15, 0.2) is 18.2 Å². The number of hydrogen-bond acceptors (Lipinski definition) is 5. The van der Waals surface area contributed by atoms with Crippen molar-refractivity contribution in [3.63, 3.8) is 0 Å². The Hall–Kier alpha value is -2.28. The third-order valence-corrected chi connectivity index (χ3v) is 4.64. The quantitative estimate of drug-likeness (QED) is 0.874. The van der Waals surface area contributed by atoms with Crippen LogP contribution < -0.4 is 9.47 Å². The van der Waals surface area contributed by atoms with Crippen LogP contribution in [-0.2, 0) is 9.53 Å². The molecule has 0 unspecified atom stereocenters. The largest absolute Gasteiger partial charge is 0.493 e. The van der Waals surface area contributed by atoms with Gasteiger partial charge in [0.15, 0.2) is 17.6 Å². The Bertz CT molecular complexity index is 640. The van der Waals surface area contributed by atoms with Crippen molar-refractivity contribution in [1.29, 1.82) is 0 Å². The summed E-state index contributed by atoms with van der Waals surface area (Å²) in [5, 5.41) is 9.06. The predicted molar refractivity (Wildman–Crippen MR) is 89.2 cm³/mol. The van der Waals surface area contributed by atoms with E-state index in [2.05, 4.69) is 0 Å². The number of benzene rings is 1. The van der Waals surface area contributed by atoms with Crippen LogP contribution in [0, 0.1) is 0 Å². The molecule has 0 bridgehead atoms. The van der Waals surface area contributed by atoms with Gasteiger partial charge in [0.1, 0.15) is 0 Å². The summed E-state index contributed by atoms with van der Waals surface area (Å²) in [7, 11) is 1.54. The Labute approximate surface area is 146 Å². The molecule has 1 amide bonds. The molecule has 0 aromatic heterocycles. The lowest BCUT2D eigenvalue weighted by Crippen LogP contribution is -2.48. The molecule has 1 N–H and O–H groups in total. The highest BCUT2D eigenvalue weighted by Gasteiger charge is 2.30. The Morgan fingerprint density at radius 2 is 2.00 bits per heavy atom. The second kappa shape index (κ2) is 7.74. The lowest BCUT2D eigenvalue weighted by atomic mass is 10.1. The summed E-state index contributed by atoms with van der Waals surface area (Å²) >= 11 is 0. The SMILES string of the molecule is COc1cc(C(=O)N2CCO[C@H](C(=O)O)C2)ccc1OC1CCCC1. The third kappa shape index (κ3) is 4.04. The number of carboxylic acid groups (broad SMARTS) is 1. The normalized spacial score (nSPS) is 21.2. The van der Waals surface area contributed by atoms with Crippen LogP contribution in [0.25, 0.3) is 0 Å². The number of methoxy groups -OCH3 is 1. The monoisotopic (exact) mass is 349 g/mol. The summed E-state index contributed by atoms with van der Waals surface area (Å²) in [5.74, 6) is -0.146. The molecule has 1 saturated carbocycles. The first-order chi connectivity index (χ1) is 12.1. The fraction of sp³-hybridized carbons (Fsp3) is 0.556. The molecule has 1 heterocycles. The molecule has 7 nitrogen and oxygen atoms in total. The predicted octanol–water partition coefficient (Wildman–Crippen LogP) is 1.94. The van der Waals surface area contributed by atoms with E-state index < -0.39 is 12.1 Å². The number of carbonyl (C=O) groups excluding carboxylic acids is 1. The van der Waals surface area contributed by atoms with Gasteiger partial charge in [0, 0.05) is 12.1 Å². The molecule has 1 saturated heterocycles. The summed E-state index contributed by atoms with van der Waals surface area (Å²) in [5.41, 5.74) is 0.446. The van der Waals surface area contributed by atoms with Gasteiger partial charge in [0.25, 0.3) is 5.91 Å². The molecule has 1 aromatic carbocycles. The zero-order valence-corrected chi connectivity index (χ0v) is 14.3. The van der Waals surface area contributed by atoms with Gasteiger partial charge < -0.3 is 24.2 Å². The first-order valence-corrected chi connectivity index (χ1v) is 8.57. The molecule has 1 aromatic rings. The topological polar surface area (TPSA) is 85.3 Å². The zero-order chi connectivity index (χ0) is 17.8. The van der Waals surface area contributed by atoms with Crippen LogP contribution in [0.2, 0.25) is 0 Å². The van der Waals surface area contributed by atoms with E-state index in [-0.39, 0.29) is 25.2 Å². The lowest BCUT2D eigenvalue weighted by Gasteiger charge is -2.31. The Morgan fingerprint density at radius 3 is 2.68 bits per heavy atom. The van der Waals surface area contributed by atoms with Crippen molar-refractivity contribution >= 4 is 11.9 Å². The van der Waals surface area contributed by atoms with E-state index in [0.717, 1.165) is 12.8 Å². The molecule has 1 aliphatic heterocycles. The number of hydrogen-bond donors (Lipinski definition) is 1. The van der Waals surface area contributed by atoms with Crippen LogP contribution in [0.5, 0.6) is 11.5 Å². The molecule has 1 atom stereocenters. The smallest absolute Gasteiger partial charge is 0.334 e. The minimum absolute atomic E-state index is 0.0385. The van der Waals surface area contributed by atoms with Crippen LogP contribution in [0.4, 0.5) is 0 Å². The van der Waals surface area contributed by atoms with E-state index in [4.69, 9.17) is 19.3 Å². The first kappa shape index (κ1) is 17.5. The third-order valence-electron chi connectivity index (χ3n) is 4.64. The van der Waals surface area contributed by atoms with Gasteiger partial charge in [-0.05, 0) is 43.9 Å². The molecular weight excluding hydrogens is 326 g/mol. The minimum Gasteiger partial charge on any atom is -0.493 e. The number of aliphatic carboxylic acids is 1. The van der Waals surface area contributed by atoms with Crippen LogP contribution in [0.1, 0.15) is 36.0 Å². The van der Waals surface area contributed by atoms with Gasteiger partial charge in [-0.1, -0.05) is 0 Å². The van der Waals surface area contributed by atoms with Crippen molar-refractivity contribution < 1.29 is 28.9 Å². The number of rotatable bonds is 5. The average molecular weight is 349 g/mol. The van der Waals surface area contributed by atoms with Crippen molar-refractivity contribution in [2.24, 2.45) is 0 Å². The first-order valence-electron chi connectivity index (χ1n) is 8.57. The Balaban J connectivity index is 1.73. The van der Waals surface area contributed by atoms with Crippen LogP contribution >= 0.6 is 0 Å². The average Bonchev–Trinajstić information content (AvgIpc) is 3.14. The second-order valence-electron chi connectivity index (χ2n) is 6.34. The van der Waals surface area contributed by atoms with Crippen molar-refractivity contribution in [1.82, 2.24) is 4.90 Å². The maximum absolute atomic E-state index is 12.7. The number of morpholine rings is 1. The van der Waals surface area contributed by atoms with E-state index in [1.165, 1.54) is 17.7 Å². The van der Waals surface area contributed by atoms with Gasteiger partial charge in [0.2, 0.25) is 0 Å². The van der Waals surface area contributed by atoms with Crippen LogP contribution in [0.3, 0.4) is 0 Å². The summed E-state index contributed by atoms with van der Waals surface area (Å²) in [6.07, 6.45) is 3.63. The highest BCUT2D eigenvalue weighted by molar-refractivity contribution is 5.95. The van der Waals surface area contributed by atoms with E-state index in [1.807, 2.05) is 0 Å². The van der Waals surface area contributed by atoms with Gasteiger partial charge in [-0.3, -0.25) is 4.79 Å². The molecule has 2 aliphatic rings. The Morgan fingerprint density at radius 1 is 1.24 bits per heavy atom. The van der Waals surface area contributed by atoms with Gasteiger partial charge in [-0.25, -0.2) is 4.79 Å². The van der Waals surface area contributed by atoms with Crippen LogP contribution in [-0.4, -0.2) is 60.9 Å². The van der Waals surface area contributed by atoms with E-state index in [1.54, 1.807) is 25.3 Å². The van der Waals surface area contributed by atoms with Gasteiger partial charge >= 0.3 is 5.97 Å². The maximum atomic E-state index is 12.7. The minimum atomic E-state index is -1.06. The standard InChI is InChI=1S/C18H23NO6/c1-23-15-10-12(6-7-14(15)25-13-4-2-3-5-13)17(20)19-8-9-24-16(11-19)18(21)22/h6-7,10,13,16H,2-5,8-9,11H2,1H3,(H,21,22)/t16-/m0/s1. The summed E-state index contributed by atoms with van der Waals surface area (Å²) < 4.78 is 16.5. The second-order valence-corrected chi connectivity index (χ2v) is 6.34. The fourth-order valence-corrected chi connectivity index (χ4v) is 3.25. The van der Waals surface area contributed by atoms with Crippen molar-refractivity contribution in [3.8, 4) is 11.5 Å². The Kier molecular flexibility index (Phi) is 5.43. The summed E-state index contributed by atoms with van der Waals surface area (Å²) in [4.78, 5) is 25.2. The number of carbonyl (C=O) groups is 2.